The van der Waals surface area contributed by atoms with Crippen molar-refractivity contribution in [1.29, 1.82) is 0 Å². The number of halogens is 3. The van der Waals surface area contributed by atoms with E-state index in [1.54, 1.807) is 23.0 Å². The highest BCUT2D eigenvalue weighted by Crippen LogP contribution is 2.25. The summed E-state index contributed by atoms with van der Waals surface area (Å²) in [6.45, 7) is 4.44. The van der Waals surface area contributed by atoms with Crippen LogP contribution in [0.2, 0.25) is 10.0 Å². The Morgan fingerprint density at radius 3 is 2.55 bits per heavy atom. The zero-order valence-corrected chi connectivity index (χ0v) is 20.9. The van der Waals surface area contributed by atoms with Crippen molar-refractivity contribution in [3.05, 3.63) is 91.9 Å². The predicted octanol–water partition coefficient (Wildman–Crippen LogP) is 6.10. The molecule has 0 saturated carbocycles. The van der Waals surface area contributed by atoms with Crippen molar-refractivity contribution in [2.75, 3.05) is 5.32 Å². The van der Waals surface area contributed by atoms with E-state index in [0.717, 1.165) is 15.7 Å². The van der Waals surface area contributed by atoms with E-state index in [2.05, 4.69) is 31.4 Å². The molecule has 33 heavy (non-hydrogen) atoms. The molecule has 0 aliphatic carbocycles. The molecular weight excluding hydrogens is 529 g/mol. The average Bonchev–Trinajstić information content (AvgIpc) is 3.36. The third kappa shape index (κ3) is 5.58. The molecule has 7 nitrogen and oxygen atoms in total. The number of hydrogen-bond acceptors (Lipinski definition) is 4. The van der Waals surface area contributed by atoms with Crippen molar-refractivity contribution in [2.45, 2.75) is 27.1 Å². The molecule has 1 N–H and O–H groups in total. The summed E-state index contributed by atoms with van der Waals surface area (Å²) in [5, 5.41) is 12.8. The molecular formula is C23H20BrCl2N5O2. The number of aromatic nitrogens is 4. The van der Waals surface area contributed by atoms with Crippen LogP contribution in [0.25, 0.3) is 0 Å². The number of amides is 1. The lowest BCUT2D eigenvalue weighted by Crippen LogP contribution is -2.15. The van der Waals surface area contributed by atoms with Crippen LogP contribution in [0.1, 0.15) is 27.4 Å². The second kappa shape index (κ2) is 9.99. The van der Waals surface area contributed by atoms with E-state index >= 15 is 0 Å². The number of carbonyl (C=O) groups excluding carboxylic acids is 1. The van der Waals surface area contributed by atoms with Gasteiger partial charge in [0.05, 0.1) is 33.7 Å². The zero-order chi connectivity index (χ0) is 23.5. The van der Waals surface area contributed by atoms with E-state index in [1.807, 2.05) is 54.9 Å². The summed E-state index contributed by atoms with van der Waals surface area (Å²) in [6.07, 6.45) is 1.70. The van der Waals surface area contributed by atoms with E-state index in [0.29, 0.717) is 33.7 Å². The summed E-state index contributed by atoms with van der Waals surface area (Å²) in [5.74, 6) is 0.387. The van der Waals surface area contributed by atoms with Gasteiger partial charge in [0.2, 0.25) is 0 Å². The van der Waals surface area contributed by atoms with Crippen LogP contribution >= 0.6 is 39.1 Å². The first-order valence-electron chi connectivity index (χ1n) is 10.0. The summed E-state index contributed by atoms with van der Waals surface area (Å²) >= 11 is 15.5. The van der Waals surface area contributed by atoms with Gasteiger partial charge in [0.1, 0.15) is 5.75 Å². The average molecular weight is 549 g/mol. The zero-order valence-electron chi connectivity index (χ0n) is 17.8. The first-order chi connectivity index (χ1) is 15.8. The lowest BCUT2D eigenvalue weighted by Gasteiger charge is -2.08. The lowest BCUT2D eigenvalue weighted by molar-refractivity contribution is 0.102. The maximum Gasteiger partial charge on any atom is 0.276 e. The molecule has 2 aromatic heterocycles. The molecule has 2 aromatic carbocycles. The second-order valence-electron chi connectivity index (χ2n) is 7.37. The van der Waals surface area contributed by atoms with Gasteiger partial charge in [-0.2, -0.15) is 10.2 Å². The van der Waals surface area contributed by atoms with E-state index in [-0.39, 0.29) is 18.3 Å². The molecule has 0 bridgehead atoms. The minimum atomic E-state index is -0.322. The number of nitrogens with zero attached hydrogens (tertiary/aromatic N) is 4. The highest BCUT2D eigenvalue weighted by molar-refractivity contribution is 9.10. The Balaban J connectivity index is 1.42. The third-order valence-corrected chi connectivity index (χ3v) is 6.25. The van der Waals surface area contributed by atoms with Gasteiger partial charge in [-0.15, -0.1) is 0 Å². The fourth-order valence-electron chi connectivity index (χ4n) is 3.25. The first-order valence-corrected chi connectivity index (χ1v) is 11.6. The summed E-state index contributed by atoms with van der Waals surface area (Å²) < 4.78 is 10.0. The Morgan fingerprint density at radius 2 is 1.82 bits per heavy atom. The Labute approximate surface area is 209 Å². The Bertz CT molecular complexity index is 1300. The molecule has 0 fully saturated rings. The van der Waals surface area contributed by atoms with Crippen molar-refractivity contribution >= 4 is 50.7 Å². The minimum Gasteiger partial charge on any atom is -0.471 e. The normalized spacial score (nSPS) is 10.9. The molecule has 4 aromatic rings. The molecule has 10 heteroatoms. The minimum absolute atomic E-state index is 0.189. The summed E-state index contributed by atoms with van der Waals surface area (Å²) in [7, 11) is 0. The molecule has 0 unspecified atom stereocenters. The Morgan fingerprint density at radius 1 is 1.06 bits per heavy atom. The fraction of sp³-hybridized carbons (Fsp3) is 0.174. The number of anilines is 1. The SMILES string of the molecule is Cc1nn(Cc2ccc(Cl)c(Cl)c2)c(C)c1NC(=O)c1ccn(COc2ccc(Br)cc2)n1. The van der Waals surface area contributed by atoms with Crippen molar-refractivity contribution in [1.82, 2.24) is 19.6 Å². The number of nitrogens with one attached hydrogen (secondary N) is 1. The number of benzene rings is 2. The van der Waals surface area contributed by atoms with Crippen LogP contribution in [-0.4, -0.2) is 25.5 Å². The number of hydrogen-bond donors (Lipinski definition) is 1. The van der Waals surface area contributed by atoms with Crippen molar-refractivity contribution in [2.24, 2.45) is 0 Å². The highest BCUT2D eigenvalue weighted by Gasteiger charge is 2.17. The smallest absolute Gasteiger partial charge is 0.276 e. The van der Waals surface area contributed by atoms with Crippen LogP contribution < -0.4 is 10.1 Å². The van der Waals surface area contributed by atoms with Gasteiger partial charge in [-0.25, -0.2) is 4.68 Å². The summed E-state index contributed by atoms with van der Waals surface area (Å²) in [5.41, 5.74) is 3.42. The quantitative estimate of drug-likeness (QED) is 0.302. The molecule has 0 aliphatic rings. The molecule has 2 heterocycles. The molecule has 170 valence electrons. The standard InChI is InChI=1S/C23H20BrCl2N5O2/c1-14-22(15(2)31(28-14)12-16-3-8-19(25)20(26)11-16)27-23(32)21-9-10-30(29-21)13-33-18-6-4-17(24)5-7-18/h3-11H,12-13H2,1-2H3,(H,27,32). The third-order valence-electron chi connectivity index (χ3n) is 4.99. The largest absolute Gasteiger partial charge is 0.471 e. The highest BCUT2D eigenvalue weighted by atomic mass is 79.9. The van der Waals surface area contributed by atoms with Gasteiger partial charge in [-0.05, 0) is 61.9 Å². The van der Waals surface area contributed by atoms with E-state index < -0.39 is 0 Å². The summed E-state index contributed by atoms with van der Waals surface area (Å²) in [6, 6.07) is 14.6. The molecule has 4 rings (SSSR count). The van der Waals surface area contributed by atoms with Crippen LogP contribution in [0.15, 0.2) is 59.2 Å². The van der Waals surface area contributed by atoms with E-state index in [9.17, 15) is 4.79 Å². The molecule has 0 saturated heterocycles. The van der Waals surface area contributed by atoms with Crippen LogP contribution in [0.5, 0.6) is 5.75 Å². The van der Waals surface area contributed by atoms with Gasteiger partial charge in [-0.1, -0.05) is 45.2 Å². The Kier molecular flexibility index (Phi) is 7.07. The maximum atomic E-state index is 12.8. The molecule has 0 atom stereocenters. The van der Waals surface area contributed by atoms with Gasteiger partial charge >= 0.3 is 0 Å². The molecule has 0 aliphatic heterocycles. The lowest BCUT2D eigenvalue weighted by atomic mass is 10.2. The second-order valence-corrected chi connectivity index (χ2v) is 9.10. The van der Waals surface area contributed by atoms with Gasteiger partial charge in [0.15, 0.2) is 12.4 Å². The van der Waals surface area contributed by atoms with Crippen LogP contribution in [0.4, 0.5) is 5.69 Å². The van der Waals surface area contributed by atoms with E-state index in [1.165, 1.54) is 0 Å². The number of ether oxygens (including phenoxy) is 1. The monoisotopic (exact) mass is 547 g/mol. The van der Waals surface area contributed by atoms with Crippen molar-refractivity contribution in [3.63, 3.8) is 0 Å². The predicted molar refractivity (Wildman–Crippen MR) is 132 cm³/mol. The molecule has 1 amide bonds. The Hall–Kier alpha value is -2.81. The number of aryl methyl sites for hydroxylation is 1. The number of rotatable bonds is 7. The molecule has 0 radical (unpaired) electrons. The van der Waals surface area contributed by atoms with Crippen molar-refractivity contribution < 1.29 is 9.53 Å². The fourth-order valence-corrected chi connectivity index (χ4v) is 3.83. The molecule has 0 spiro atoms. The van der Waals surface area contributed by atoms with Gasteiger partial charge in [0, 0.05) is 10.7 Å². The van der Waals surface area contributed by atoms with Gasteiger partial charge in [-0.3, -0.25) is 9.48 Å². The van der Waals surface area contributed by atoms with Crippen molar-refractivity contribution in [3.8, 4) is 5.75 Å². The maximum absolute atomic E-state index is 12.8. The first kappa shape index (κ1) is 23.4. The summed E-state index contributed by atoms with van der Waals surface area (Å²) in [4.78, 5) is 12.8. The van der Waals surface area contributed by atoms with Crippen LogP contribution in [-0.2, 0) is 13.3 Å². The number of carbonyl (C=O) groups is 1. The van der Waals surface area contributed by atoms with Crippen LogP contribution in [0.3, 0.4) is 0 Å². The van der Waals surface area contributed by atoms with Gasteiger partial charge in [0.25, 0.3) is 5.91 Å². The van der Waals surface area contributed by atoms with Gasteiger partial charge < -0.3 is 10.1 Å². The van der Waals surface area contributed by atoms with Crippen LogP contribution in [0, 0.1) is 13.8 Å². The van der Waals surface area contributed by atoms with E-state index in [4.69, 9.17) is 27.9 Å². The topological polar surface area (TPSA) is 74.0 Å².